The molecule has 0 saturated heterocycles. The molecule has 3 rings (SSSR count). The van der Waals surface area contributed by atoms with Crippen molar-refractivity contribution in [3.05, 3.63) is 34.9 Å². The highest BCUT2D eigenvalue weighted by molar-refractivity contribution is 5.37. The fourth-order valence-corrected chi connectivity index (χ4v) is 6.61. The van der Waals surface area contributed by atoms with Crippen LogP contribution in [0.3, 0.4) is 0 Å². The van der Waals surface area contributed by atoms with Gasteiger partial charge in [0.1, 0.15) is 0 Å². The number of fused-ring (bicyclic) bond motifs is 1. The molecule has 0 heterocycles. The van der Waals surface area contributed by atoms with Gasteiger partial charge in [-0.1, -0.05) is 76.3 Å². The quantitative estimate of drug-likeness (QED) is 0.499. The van der Waals surface area contributed by atoms with Gasteiger partial charge in [0, 0.05) is 0 Å². The molecule has 1 nitrogen and oxygen atoms in total. The molecule has 0 aromatic rings. The van der Waals surface area contributed by atoms with Gasteiger partial charge in [0.25, 0.3) is 0 Å². The van der Waals surface area contributed by atoms with Gasteiger partial charge >= 0.3 is 0 Å². The Morgan fingerprint density at radius 1 is 1.18 bits per heavy atom. The molecule has 158 valence electrons. The van der Waals surface area contributed by atoms with E-state index in [-0.39, 0.29) is 6.10 Å². The Kier molecular flexibility index (Phi) is 7.29. The smallest absolute Gasteiger partial charge is 0.0615 e. The Balaban J connectivity index is 1.71. The molecule has 2 saturated carbocycles. The molecule has 28 heavy (non-hydrogen) atoms. The van der Waals surface area contributed by atoms with Crippen molar-refractivity contribution >= 4 is 0 Å². The van der Waals surface area contributed by atoms with Crippen molar-refractivity contribution in [3.63, 3.8) is 0 Å². The first-order valence-electron chi connectivity index (χ1n) is 12.1. The lowest BCUT2D eigenvalue weighted by molar-refractivity contribution is 0.0929. The summed E-state index contributed by atoms with van der Waals surface area (Å²) >= 11 is 0. The van der Waals surface area contributed by atoms with Gasteiger partial charge in [-0.05, 0) is 86.5 Å². The first kappa shape index (κ1) is 21.9. The summed E-state index contributed by atoms with van der Waals surface area (Å²) in [4.78, 5) is 0. The molecule has 0 aromatic heterocycles. The lowest BCUT2D eigenvalue weighted by atomic mass is 9.60. The Bertz CT molecular complexity index is 622. The fraction of sp³-hybridized carbons (Fsp3) is 0.778. The minimum atomic E-state index is -0.187. The second kappa shape index (κ2) is 9.33. The average molecular weight is 385 g/mol. The van der Waals surface area contributed by atoms with E-state index in [0.717, 1.165) is 36.5 Å². The minimum absolute atomic E-state index is 0.187. The number of allylic oxidation sites excluding steroid dienone is 4. The molecule has 0 bridgehead atoms. The minimum Gasteiger partial charge on any atom is -0.392 e. The number of aliphatic hydroxyl groups excluding tert-OH is 1. The topological polar surface area (TPSA) is 20.2 Å². The third-order valence-electron chi connectivity index (χ3n) is 8.32. The molecular weight excluding hydrogens is 340 g/mol. The number of hydrogen-bond acceptors (Lipinski definition) is 1. The first-order chi connectivity index (χ1) is 13.3. The summed E-state index contributed by atoms with van der Waals surface area (Å²) < 4.78 is 0. The van der Waals surface area contributed by atoms with Gasteiger partial charge in [-0.15, -0.1) is 0 Å². The standard InChI is InChI=1S/C27H44O/c1-19(2)8-6-9-21(4)25-15-16-26-22(10-7-17-27(25,26)5)12-13-23-18-24(28)14-11-20(23)3/h11-13,19,21,24-26,28H,6-10,14-18H2,1-5H3/b22-12+,23-13+/t21-,24+,25-,26+,27-/m1/s1. The third-order valence-corrected chi connectivity index (χ3v) is 8.32. The molecule has 0 spiro atoms. The first-order valence-corrected chi connectivity index (χ1v) is 12.1. The number of hydrogen-bond donors (Lipinski definition) is 1. The zero-order chi connectivity index (χ0) is 20.3. The summed E-state index contributed by atoms with van der Waals surface area (Å²) in [5.74, 6) is 3.39. The average Bonchev–Trinajstić information content (AvgIpc) is 2.99. The van der Waals surface area contributed by atoms with Gasteiger partial charge in [-0.2, -0.15) is 0 Å². The molecule has 1 N–H and O–H groups in total. The van der Waals surface area contributed by atoms with Crippen molar-refractivity contribution in [1.29, 1.82) is 0 Å². The molecule has 0 aliphatic heterocycles. The molecule has 0 unspecified atom stereocenters. The molecule has 2 fully saturated rings. The predicted octanol–water partition coefficient (Wildman–Crippen LogP) is 7.62. The second-order valence-corrected chi connectivity index (χ2v) is 10.8. The van der Waals surface area contributed by atoms with Crippen molar-refractivity contribution in [1.82, 2.24) is 0 Å². The van der Waals surface area contributed by atoms with Crippen LogP contribution in [0.4, 0.5) is 0 Å². The van der Waals surface area contributed by atoms with Crippen molar-refractivity contribution < 1.29 is 5.11 Å². The summed E-state index contributed by atoms with van der Waals surface area (Å²) in [5, 5.41) is 10.0. The van der Waals surface area contributed by atoms with Crippen LogP contribution in [0.2, 0.25) is 0 Å². The maximum atomic E-state index is 10.0. The van der Waals surface area contributed by atoms with Crippen LogP contribution in [0.25, 0.3) is 0 Å². The molecule has 3 aliphatic carbocycles. The van der Waals surface area contributed by atoms with E-state index in [0.29, 0.717) is 5.41 Å². The SMILES string of the molecule is CC1=CC[C@H](O)C/C1=C\C=C1/CCC[C@]2(C)[C@@H]([C@H](C)CCCC(C)C)CC[C@@H]12. The monoisotopic (exact) mass is 384 g/mol. The number of aliphatic hydroxyl groups is 1. The van der Waals surface area contributed by atoms with Gasteiger partial charge in [0.05, 0.1) is 6.10 Å². The molecular formula is C27H44O. The maximum Gasteiger partial charge on any atom is 0.0615 e. The highest BCUT2D eigenvalue weighted by Crippen LogP contribution is 2.59. The Hall–Kier alpha value is -0.820. The second-order valence-electron chi connectivity index (χ2n) is 10.8. The molecule has 0 amide bonds. The van der Waals surface area contributed by atoms with Gasteiger partial charge < -0.3 is 5.11 Å². The zero-order valence-corrected chi connectivity index (χ0v) is 19.1. The third kappa shape index (κ3) is 4.84. The van der Waals surface area contributed by atoms with E-state index in [2.05, 4.69) is 52.8 Å². The van der Waals surface area contributed by atoms with Crippen LogP contribution in [0, 0.1) is 29.1 Å². The molecule has 0 aromatic carbocycles. The highest BCUT2D eigenvalue weighted by Gasteiger charge is 2.50. The van der Waals surface area contributed by atoms with Crippen LogP contribution >= 0.6 is 0 Å². The van der Waals surface area contributed by atoms with Crippen molar-refractivity contribution in [2.45, 2.75) is 105 Å². The van der Waals surface area contributed by atoms with Crippen molar-refractivity contribution in [2.75, 3.05) is 0 Å². The normalized spacial score (nSPS) is 37.4. The van der Waals surface area contributed by atoms with Gasteiger partial charge in [0.2, 0.25) is 0 Å². The van der Waals surface area contributed by atoms with Gasteiger partial charge in [0.15, 0.2) is 0 Å². The number of rotatable bonds is 6. The summed E-state index contributed by atoms with van der Waals surface area (Å²) in [7, 11) is 0. The van der Waals surface area contributed by atoms with E-state index in [9.17, 15) is 5.11 Å². The van der Waals surface area contributed by atoms with E-state index in [4.69, 9.17) is 0 Å². The zero-order valence-electron chi connectivity index (χ0n) is 19.1. The predicted molar refractivity (Wildman–Crippen MR) is 121 cm³/mol. The van der Waals surface area contributed by atoms with Crippen LogP contribution in [-0.2, 0) is 0 Å². The Morgan fingerprint density at radius 2 is 1.96 bits per heavy atom. The molecule has 5 atom stereocenters. The summed E-state index contributed by atoms with van der Waals surface area (Å²) in [6.45, 7) is 12.1. The van der Waals surface area contributed by atoms with Crippen molar-refractivity contribution in [3.8, 4) is 0 Å². The summed E-state index contributed by atoms with van der Waals surface area (Å²) in [5.41, 5.74) is 4.92. The van der Waals surface area contributed by atoms with Crippen molar-refractivity contribution in [2.24, 2.45) is 29.1 Å². The Morgan fingerprint density at radius 3 is 2.71 bits per heavy atom. The van der Waals surface area contributed by atoms with Gasteiger partial charge in [-0.3, -0.25) is 0 Å². The van der Waals surface area contributed by atoms with Crippen LogP contribution in [-0.4, -0.2) is 11.2 Å². The molecule has 0 radical (unpaired) electrons. The van der Waals surface area contributed by atoms with E-state index >= 15 is 0 Å². The van der Waals surface area contributed by atoms with E-state index in [1.54, 1.807) is 5.57 Å². The van der Waals surface area contributed by atoms with Crippen LogP contribution in [0.1, 0.15) is 98.8 Å². The Labute approximate surface area is 174 Å². The van der Waals surface area contributed by atoms with Crippen LogP contribution < -0.4 is 0 Å². The maximum absolute atomic E-state index is 10.0. The lowest BCUT2D eigenvalue weighted by Crippen LogP contribution is -2.36. The molecule has 3 aliphatic rings. The molecule has 1 heteroatoms. The van der Waals surface area contributed by atoms with Crippen LogP contribution in [0.5, 0.6) is 0 Å². The fourth-order valence-electron chi connectivity index (χ4n) is 6.61. The van der Waals surface area contributed by atoms with Crippen LogP contribution in [0.15, 0.2) is 34.9 Å². The highest BCUT2D eigenvalue weighted by atomic mass is 16.3. The summed E-state index contributed by atoms with van der Waals surface area (Å²) in [6, 6.07) is 0. The van der Waals surface area contributed by atoms with E-state index < -0.39 is 0 Å². The largest absolute Gasteiger partial charge is 0.392 e. The van der Waals surface area contributed by atoms with E-state index in [1.807, 2.05) is 0 Å². The van der Waals surface area contributed by atoms with E-state index in [1.165, 1.54) is 62.5 Å². The summed E-state index contributed by atoms with van der Waals surface area (Å²) in [6.07, 6.45) is 19.5. The van der Waals surface area contributed by atoms with Gasteiger partial charge in [-0.25, -0.2) is 0 Å². The lowest BCUT2D eigenvalue weighted by Gasteiger charge is -2.44.